The molecule has 2 fully saturated rings. The van der Waals surface area contributed by atoms with Gasteiger partial charge in [-0.25, -0.2) is 5.01 Å². The number of carbonyl (C=O) groups excluding carboxylic acids is 4. The number of carbonyl (C=O) groups is 4. The Morgan fingerprint density at radius 3 is 2.22 bits per heavy atom. The van der Waals surface area contributed by atoms with Gasteiger partial charge in [-0.1, -0.05) is 46.6 Å². The van der Waals surface area contributed by atoms with Gasteiger partial charge in [-0.05, 0) is 61.6 Å². The van der Waals surface area contributed by atoms with Crippen LogP contribution >= 0.6 is 27.5 Å². The summed E-state index contributed by atoms with van der Waals surface area (Å²) in [6.45, 7) is 1.64. The van der Waals surface area contributed by atoms with E-state index >= 15 is 0 Å². The van der Waals surface area contributed by atoms with Gasteiger partial charge >= 0.3 is 0 Å². The highest BCUT2D eigenvalue weighted by Gasteiger charge is 2.52. The lowest BCUT2D eigenvalue weighted by Crippen LogP contribution is -2.52. The largest absolute Gasteiger partial charge is 0.292 e. The first kappa shape index (κ1) is 22.7. The molecule has 2 aromatic rings. The zero-order valence-corrected chi connectivity index (χ0v) is 19.8. The minimum absolute atomic E-state index is 0.238. The Morgan fingerprint density at radius 2 is 1.56 bits per heavy atom. The van der Waals surface area contributed by atoms with Gasteiger partial charge in [0, 0.05) is 20.6 Å². The third-order valence-electron chi connectivity index (χ3n) is 6.19. The SMILES string of the molecule is C[C@@H]1CC[C@@H]2C(=O)N(N(CC(=O)c3ccc(Br)cc3)C(=O)c3ccc(Cl)cc3)C(=O)[C@@H]2C1. The van der Waals surface area contributed by atoms with Crippen molar-refractivity contribution in [2.75, 3.05) is 6.54 Å². The van der Waals surface area contributed by atoms with Crippen molar-refractivity contribution in [2.45, 2.75) is 26.2 Å². The van der Waals surface area contributed by atoms with Crippen LogP contribution in [0.1, 0.15) is 46.9 Å². The molecule has 2 aliphatic rings. The summed E-state index contributed by atoms with van der Waals surface area (Å²) in [4.78, 5) is 52.9. The van der Waals surface area contributed by atoms with E-state index in [1.165, 1.54) is 12.1 Å². The molecule has 32 heavy (non-hydrogen) atoms. The van der Waals surface area contributed by atoms with Gasteiger partial charge in [0.2, 0.25) is 0 Å². The van der Waals surface area contributed by atoms with E-state index in [-0.39, 0.29) is 11.3 Å². The van der Waals surface area contributed by atoms with Crippen molar-refractivity contribution in [3.8, 4) is 0 Å². The van der Waals surface area contributed by atoms with Crippen molar-refractivity contribution in [3.05, 3.63) is 69.2 Å². The first-order valence-corrected chi connectivity index (χ1v) is 11.7. The number of Topliss-reactive ketones (excluding diaryl/α,β-unsaturated/α-hetero) is 1. The zero-order chi connectivity index (χ0) is 23.0. The molecule has 0 N–H and O–H groups in total. The Labute approximate surface area is 199 Å². The van der Waals surface area contributed by atoms with Gasteiger partial charge in [-0.3, -0.25) is 19.2 Å². The predicted molar refractivity (Wildman–Crippen MR) is 123 cm³/mol. The van der Waals surface area contributed by atoms with E-state index in [0.29, 0.717) is 29.3 Å². The fourth-order valence-corrected chi connectivity index (χ4v) is 4.84. The van der Waals surface area contributed by atoms with Gasteiger partial charge in [-0.2, -0.15) is 5.01 Å². The molecule has 3 amide bonds. The molecule has 6 nitrogen and oxygen atoms in total. The van der Waals surface area contributed by atoms with Crippen LogP contribution in [0.4, 0.5) is 0 Å². The number of fused-ring (bicyclic) bond motifs is 1. The van der Waals surface area contributed by atoms with Crippen molar-refractivity contribution < 1.29 is 19.2 Å². The van der Waals surface area contributed by atoms with Crippen LogP contribution in [0.15, 0.2) is 53.0 Å². The van der Waals surface area contributed by atoms with Crippen molar-refractivity contribution >= 4 is 51.0 Å². The molecule has 1 saturated carbocycles. The van der Waals surface area contributed by atoms with Crippen LogP contribution in [0.25, 0.3) is 0 Å². The molecule has 0 aromatic heterocycles. The monoisotopic (exact) mass is 516 g/mol. The number of imide groups is 1. The third-order valence-corrected chi connectivity index (χ3v) is 6.97. The van der Waals surface area contributed by atoms with Crippen molar-refractivity contribution in [3.63, 3.8) is 0 Å². The highest BCUT2D eigenvalue weighted by molar-refractivity contribution is 9.10. The number of amides is 3. The van der Waals surface area contributed by atoms with E-state index in [2.05, 4.69) is 22.9 Å². The smallest absolute Gasteiger partial charge is 0.273 e. The Kier molecular flexibility index (Phi) is 6.49. The lowest BCUT2D eigenvalue weighted by atomic mass is 9.76. The Morgan fingerprint density at radius 1 is 0.969 bits per heavy atom. The minimum atomic E-state index is -0.597. The molecule has 1 saturated heterocycles. The summed E-state index contributed by atoms with van der Waals surface area (Å²) in [5, 5.41) is 2.37. The van der Waals surface area contributed by atoms with Crippen molar-refractivity contribution in [1.29, 1.82) is 0 Å². The molecule has 0 bridgehead atoms. The molecule has 0 radical (unpaired) electrons. The average molecular weight is 518 g/mol. The molecule has 3 atom stereocenters. The maximum Gasteiger partial charge on any atom is 0.273 e. The molecule has 166 valence electrons. The number of hydrogen-bond donors (Lipinski definition) is 0. The van der Waals surface area contributed by atoms with E-state index in [0.717, 1.165) is 20.9 Å². The Hall–Kier alpha value is -2.51. The fourth-order valence-electron chi connectivity index (χ4n) is 4.45. The lowest BCUT2D eigenvalue weighted by molar-refractivity contribution is -0.154. The van der Waals surface area contributed by atoms with Crippen LogP contribution in [0.2, 0.25) is 5.02 Å². The summed E-state index contributed by atoms with van der Waals surface area (Å²) in [7, 11) is 0. The highest BCUT2D eigenvalue weighted by atomic mass is 79.9. The van der Waals surface area contributed by atoms with Crippen molar-refractivity contribution in [2.24, 2.45) is 17.8 Å². The normalized spacial score (nSPS) is 22.6. The highest BCUT2D eigenvalue weighted by Crippen LogP contribution is 2.41. The van der Waals surface area contributed by atoms with Gasteiger partial charge in [-0.15, -0.1) is 0 Å². The topological polar surface area (TPSA) is 74.8 Å². The van der Waals surface area contributed by atoms with Crippen LogP contribution in [0.3, 0.4) is 0 Å². The average Bonchev–Trinajstić information content (AvgIpc) is 3.02. The van der Waals surface area contributed by atoms with Crippen LogP contribution in [-0.4, -0.2) is 40.1 Å². The maximum absolute atomic E-state index is 13.4. The second-order valence-electron chi connectivity index (χ2n) is 8.42. The van der Waals surface area contributed by atoms with Crippen LogP contribution in [0, 0.1) is 17.8 Å². The number of hydrazine groups is 1. The number of rotatable bonds is 5. The number of hydrogen-bond acceptors (Lipinski definition) is 4. The molecule has 2 aromatic carbocycles. The first-order chi connectivity index (χ1) is 15.3. The third kappa shape index (κ3) is 4.36. The molecule has 4 rings (SSSR count). The summed E-state index contributed by atoms with van der Waals surface area (Å²) in [6.07, 6.45) is 2.07. The summed E-state index contributed by atoms with van der Waals surface area (Å²) in [6, 6.07) is 12.8. The number of nitrogens with zero attached hydrogens (tertiary/aromatic N) is 2. The zero-order valence-electron chi connectivity index (χ0n) is 17.5. The molecule has 8 heteroatoms. The molecule has 0 spiro atoms. The van der Waals surface area contributed by atoms with Gasteiger partial charge < -0.3 is 0 Å². The van der Waals surface area contributed by atoms with Gasteiger partial charge in [0.1, 0.15) is 6.54 Å². The van der Waals surface area contributed by atoms with Gasteiger partial charge in [0.25, 0.3) is 17.7 Å². The summed E-state index contributed by atoms with van der Waals surface area (Å²) in [5.41, 5.74) is 0.620. The minimum Gasteiger partial charge on any atom is -0.292 e. The first-order valence-electron chi connectivity index (χ1n) is 10.5. The van der Waals surface area contributed by atoms with Crippen LogP contribution in [0.5, 0.6) is 0 Å². The summed E-state index contributed by atoms with van der Waals surface area (Å²) < 4.78 is 0.811. The number of halogens is 2. The molecular formula is C24H22BrClN2O4. The molecule has 1 aliphatic carbocycles. The second-order valence-corrected chi connectivity index (χ2v) is 9.77. The van der Waals surface area contributed by atoms with Gasteiger partial charge in [0.15, 0.2) is 5.78 Å². The standard InChI is InChI=1S/C24H22BrClN2O4/c1-14-2-11-19-20(12-14)24(32)28(23(19)31)27(22(30)16-5-9-18(26)10-6-16)13-21(29)15-3-7-17(25)8-4-15/h3-10,14,19-20H,2,11-13H2,1H3/t14-,19+,20-/m1/s1. The van der Waals surface area contributed by atoms with Crippen LogP contribution < -0.4 is 0 Å². The number of benzene rings is 2. The van der Waals surface area contributed by atoms with Gasteiger partial charge in [0.05, 0.1) is 11.8 Å². The van der Waals surface area contributed by atoms with E-state index in [9.17, 15) is 19.2 Å². The van der Waals surface area contributed by atoms with E-state index in [1.807, 2.05) is 0 Å². The Bertz CT molecular complexity index is 1070. The summed E-state index contributed by atoms with van der Waals surface area (Å²) >= 11 is 9.27. The van der Waals surface area contributed by atoms with Crippen LogP contribution in [-0.2, 0) is 9.59 Å². The Balaban J connectivity index is 1.68. The van der Waals surface area contributed by atoms with E-state index in [4.69, 9.17) is 11.6 Å². The van der Waals surface area contributed by atoms with E-state index in [1.54, 1.807) is 36.4 Å². The van der Waals surface area contributed by atoms with E-state index < -0.39 is 36.1 Å². The second kappa shape index (κ2) is 9.16. The molecule has 1 heterocycles. The summed E-state index contributed by atoms with van der Waals surface area (Å²) in [5.74, 6) is -2.34. The molecular weight excluding hydrogens is 496 g/mol. The molecule has 0 unspecified atom stereocenters. The lowest BCUT2D eigenvalue weighted by Gasteiger charge is -2.30. The van der Waals surface area contributed by atoms with Crippen molar-refractivity contribution in [1.82, 2.24) is 10.0 Å². The molecule has 1 aliphatic heterocycles. The predicted octanol–water partition coefficient (Wildman–Crippen LogP) is 4.76. The maximum atomic E-state index is 13.4. The quantitative estimate of drug-likeness (QED) is 0.423. The number of ketones is 1. The fraction of sp³-hybridized carbons (Fsp3) is 0.333.